The van der Waals surface area contributed by atoms with Gasteiger partial charge in [-0.05, 0) is 50.1 Å². The number of hydrogen-bond acceptors (Lipinski definition) is 3. The molecule has 2 rings (SSSR count). The van der Waals surface area contributed by atoms with Crippen LogP contribution in [0.4, 0.5) is 5.69 Å². The molecular formula is C11H7Br2ClN2O2S. The molecule has 8 heteroatoms. The van der Waals surface area contributed by atoms with Crippen molar-refractivity contribution in [3.8, 4) is 0 Å². The number of pyridine rings is 1. The Balaban J connectivity index is 2.38. The smallest absolute Gasteiger partial charge is 0.263 e. The molecule has 0 aliphatic heterocycles. The molecule has 0 fully saturated rings. The average Bonchev–Trinajstić information content (AvgIpc) is 2.35. The van der Waals surface area contributed by atoms with E-state index in [4.69, 9.17) is 11.6 Å². The summed E-state index contributed by atoms with van der Waals surface area (Å²) >= 11 is 12.2. The average molecular weight is 427 g/mol. The number of rotatable bonds is 3. The van der Waals surface area contributed by atoms with Gasteiger partial charge >= 0.3 is 0 Å². The summed E-state index contributed by atoms with van der Waals surface area (Å²) in [5.74, 6) is 0. The zero-order valence-corrected chi connectivity index (χ0v) is 14.0. The summed E-state index contributed by atoms with van der Waals surface area (Å²) in [6.07, 6.45) is 1.20. The van der Waals surface area contributed by atoms with E-state index in [0.717, 1.165) is 0 Å². The van der Waals surface area contributed by atoms with Crippen LogP contribution in [-0.4, -0.2) is 13.4 Å². The summed E-state index contributed by atoms with van der Waals surface area (Å²) in [7, 11) is -3.71. The number of hydrogen-bond donors (Lipinski definition) is 1. The number of anilines is 1. The standard InChI is InChI=1S/C11H7Br2ClN2O2S/c12-8-3-1-2-4-10(8)16-19(17,18)7-5-9(13)11(14)15-6-7/h1-6,16H. The Hall–Kier alpha value is -0.630. The Labute approximate surface area is 132 Å². The molecule has 0 atom stereocenters. The van der Waals surface area contributed by atoms with Gasteiger partial charge in [0.25, 0.3) is 10.0 Å². The lowest BCUT2D eigenvalue weighted by molar-refractivity contribution is 0.600. The van der Waals surface area contributed by atoms with Crippen molar-refractivity contribution in [2.45, 2.75) is 4.90 Å². The zero-order chi connectivity index (χ0) is 14.0. The van der Waals surface area contributed by atoms with Gasteiger partial charge in [0.15, 0.2) is 0 Å². The fourth-order valence-corrected chi connectivity index (χ4v) is 3.47. The first kappa shape index (κ1) is 14.8. The quantitative estimate of drug-likeness (QED) is 0.753. The van der Waals surface area contributed by atoms with Crippen molar-refractivity contribution in [2.75, 3.05) is 4.72 Å². The van der Waals surface area contributed by atoms with Crippen molar-refractivity contribution in [1.29, 1.82) is 0 Å². The van der Waals surface area contributed by atoms with Gasteiger partial charge in [-0.25, -0.2) is 13.4 Å². The van der Waals surface area contributed by atoms with Gasteiger partial charge in [0.2, 0.25) is 0 Å². The van der Waals surface area contributed by atoms with Gasteiger partial charge in [-0.15, -0.1) is 0 Å². The summed E-state index contributed by atoms with van der Waals surface area (Å²) in [6, 6.07) is 8.32. The molecule has 0 aliphatic rings. The third-order valence-electron chi connectivity index (χ3n) is 2.20. The summed E-state index contributed by atoms with van der Waals surface area (Å²) in [4.78, 5) is 3.82. The van der Waals surface area contributed by atoms with Crippen LogP contribution < -0.4 is 4.72 Å². The van der Waals surface area contributed by atoms with Gasteiger partial charge in [-0.1, -0.05) is 23.7 Å². The molecule has 0 unspecified atom stereocenters. The number of sulfonamides is 1. The summed E-state index contributed by atoms with van der Waals surface area (Å²) in [5.41, 5.74) is 0.452. The molecule has 1 N–H and O–H groups in total. The first-order chi connectivity index (χ1) is 8.90. The van der Waals surface area contributed by atoms with E-state index in [0.29, 0.717) is 14.6 Å². The van der Waals surface area contributed by atoms with E-state index >= 15 is 0 Å². The van der Waals surface area contributed by atoms with Crippen molar-refractivity contribution in [3.63, 3.8) is 0 Å². The van der Waals surface area contributed by atoms with Crippen molar-refractivity contribution < 1.29 is 8.42 Å². The molecule has 100 valence electrons. The normalized spacial score (nSPS) is 11.3. The first-order valence-electron chi connectivity index (χ1n) is 4.98. The zero-order valence-electron chi connectivity index (χ0n) is 9.27. The molecule has 0 radical (unpaired) electrons. The lowest BCUT2D eigenvalue weighted by Crippen LogP contribution is -2.13. The van der Waals surface area contributed by atoms with Crippen LogP contribution in [0.5, 0.6) is 0 Å². The highest BCUT2D eigenvalue weighted by molar-refractivity contribution is 9.11. The molecule has 1 aromatic carbocycles. The SMILES string of the molecule is O=S(=O)(Nc1ccccc1Br)c1cnc(Cl)c(Br)c1. The van der Waals surface area contributed by atoms with E-state index in [2.05, 4.69) is 41.6 Å². The molecular weight excluding hydrogens is 419 g/mol. The van der Waals surface area contributed by atoms with Crippen LogP contribution in [0, 0.1) is 0 Å². The van der Waals surface area contributed by atoms with Crippen LogP contribution in [0.2, 0.25) is 5.15 Å². The Kier molecular flexibility index (Phi) is 4.50. The molecule has 19 heavy (non-hydrogen) atoms. The van der Waals surface area contributed by atoms with Gasteiger partial charge in [-0.2, -0.15) is 0 Å². The maximum Gasteiger partial charge on any atom is 0.263 e. The molecule has 2 aromatic rings. The van der Waals surface area contributed by atoms with E-state index in [1.165, 1.54) is 12.3 Å². The largest absolute Gasteiger partial charge is 0.278 e. The van der Waals surface area contributed by atoms with Crippen LogP contribution in [0.15, 0.2) is 50.4 Å². The van der Waals surface area contributed by atoms with Crippen molar-refractivity contribution in [2.24, 2.45) is 0 Å². The Morgan fingerprint density at radius 1 is 1.16 bits per heavy atom. The second-order valence-corrected chi connectivity index (χ2v) is 7.28. The molecule has 0 saturated heterocycles. The monoisotopic (exact) mass is 424 g/mol. The van der Waals surface area contributed by atoms with E-state index in [1.54, 1.807) is 24.3 Å². The van der Waals surface area contributed by atoms with E-state index < -0.39 is 10.0 Å². The van der Waals surface area contributed by atoms with Gasteiger partial charge < -0.3 is 0 Å². The molecule has 1 aromatic heterocycles. The minimum absolute atomic E-state index is 0.0273. The van der Waals surface area contributed by atoms with Crippen molar-refractivity contribution >= 4 is 59.2 Å². The van der Waals surface area contributed by atoms with Gasteiger partial charge in [0, 0.05) is 10.7 Å². The summed E-state index contributed by atoms with van der Waals surface area (Å²) in [5, 5.41) is 0.208. The Bertz CT molecular complexity index is 722. The molecule has 1 heterocycles. The molecule has 0 saturated carbocycles. The van der Waals surface area contributed by atoms with E-state index in [-0.39, 0.29) is 10.0 Å². The number of aromatic nitrogens is 1. The highest BCUT2D eigenvalue weighted by Gasteiger charge is 2.17. The number of halogens is 3. The van der Waals surface area contributed by atoms with E-state index in [9.17, 15) is 8.42 Å². The van der Waals surface area contributed by atoms with Crippen molar-refractivity contribution in [3.05, 3.63) is 50.6 Å². The molecule has 0 spiro atoms. The second kappa shape index (κ2) is 5.78. The molecule has 0 aliphatic carbocycles. The summed E-state index contributed by atoms with van der Waals surface area (Å²) < 4.78 is 27.9. The number of para-hydroxylation sites is 1. The Morgan fingerprint density at radius 3 is 2.47 bits per heavy atom. The minimum atomic E-state index is -3.71. The summed E-state index contributed by atoms with van der Waals surface area (Å²) in [6.45, 7) is 0. The lowest BCUT2D eigenvalue weighted by atomic mass is 10.3. The maximum absolute atomic E-state index is 12.2. The molecule has 0 bridgehead atoms. The van der Waals surface area contributed by atoms with Gasteiger partial charge in [0.1, 0.15) is 10.0 Å². The predicted molar refractivity (Wildman–Crippen MR) is 81.9 cm³/mol. The number of nitrogens with zero attached hydrogens (tertiary/aromatic N) is 1. The van der Waals surface area contributed by atoms with Crippen molar-refractivity contribution in [1.82, 2.24) is 4.98 Å². The van der Waals surface area contributed by atoms with Crippen LogP contribution in [-0.2, 0) is 10.0 Å². The van der Waals surface area contributed by atoms with Crippen LogP contribution in [0.25, 0.3) is 0 Å². The highest BCUT2D eigenvalue weighted by Crippen LogP contribution is 2.27. The molecule has 0 amide bonds. The highest BCUT2D eigenvalue weighted by atomic mass is 79.9. The van der Waals surface area contributed by atoms with Crippen LogP contribution in [0.1, 0.15) is 0 Å². The number of benzene rings is 1. The third-order valence-corrected chi connectivity index (χ3v) is 5.36. The van der Waals surface area contributed by atoms with Gasteiger partial charge in [-0.3, -0.25) is 4.72 Å². The first-order valence-corrected chi connectivity index (χ1v) is 8.43. The van der Waals surface area contributed by atoms with E-state index in [1.807, 2.05) is 0 Å². The predicted octanol–water partition coefficient (Wildman–Crippen LogP) is 4.06. The topological polar surface area (TPSA) is 59.1 Å². The van der Waals surface area contributed by atoms with Crippen LogP contribution in [0.3, 0.4) is 0 Å². The fraction of sp³-hybridized carbons (Fsp3) is 0. The minimum Gasteiger partial charge on any atom is -0.278 e. The van der Waals surface area contributed by atoms with Crippen LogP contribution >= 0.6 is 43.5 Å². The second-order valence-electron chi connectivity index (χ2n) is 3.53. The molecule has 4 nitrogen and oxygen atoms in total. The number of nitrogens with one attached hydrogen (secondary N) is 1. The third kappa shape index (κ3) is 3.47. The Morgan fingerprint density at radius 2 is 1.84 bits per heavy atom. The fourth-order valence-electron chi connectivity index (χ4n) is 1.30. The lowest BCUT2D eigenvalue weighted by Gasteiger charge is -2.09. The van der Waals surface area contributed by atoms with Gasteiger partial charge in [0.05, 0.1) is 10.2 Å². The maximum atomic E-state index is 12.2.